The first-order valence-electron chi connectivity index (χ1n) is 8.41. The van der Waals surface area contributed by atoms with E-state index >= 15 is 0 Å². The number of thiophene rings is 1. The smallest absolute Gasteiger partial charge is 0.250 e. The van der Waals surface area contributed by atoms with E-state index in [4.69, 9.17) is 0 Å². The number of amides is 1. The monoisotopic (exact) mass is 383 g/mol. The summed E-state index contributed by atoms with van der Waals surface area (Å²) in [4.78, 5) is 27.4. The Morgan fingerprint density at radius 1 is 1.35 bits per heavy atom. The number of carbonyl (C=O) groups is 1. The van der Waals surface area contributed by atoms with Crippen LogP contribution in [0.3, 0.4) is 0 Å². The van der Waals surface area contributed by atoms with Gasteiger partial charge in [-0.2, -0.15) is 5.10 Å². The molecular formula is C18H17N5OS2. The van der Waals surface area contributed by atoms with Crippen molar-refractivity contribution in [3.8, 4) is 0 Å². The summed E-state index contributed by atoms with van der Waals surface area (Å²) in [5, 5.41) is 6.00. The summed E-state index contributed by atoms with van der Waals surface area (Å²) in [6, 6.07) is 3.69. The van der Waals surface area contributed by atoms with E-state index in [1.807, 2.05) is 12.1 Å². The molecular weight excluding hydrogens is 366 g/mol. The first kappa shape index (κ1) is 17.1. The fraction of sp³-hybridized carbons (Fsp3) is 0.278. The lowest BCUT2D eigenvalue weighted by Gasteiger charge is -2.11. The Kier molecular flexibility index (Phi) is 5.21. The number of nitrogens with one attached hydrogen (secondary N) is 1. The number of carbonyl (C=O) groups excluding carboxylic acids is 1. The van der Waals surface area contributed by atoms with Gasteiger partial charge in [-0.3, -0.25) is 9.78 Å². The van der Waals surface area contributed by atoms with E-state index in [0.29, 0.717) is 0 Å². The molecule has 0 saturated heterocycles. The second-order valence-corrected chi connectivity index (χ2v) is 7.99. The minimum absolute atomic E-state index is 0.161. The summed E-state index contributed by atoms with van der Waals surface area (Å²) in [5.41, 5.74) is 4.77. The van der Waals surface area contributed by atoms with E-state index in [2.05, 4.69) is 25.5 Å². The fourth-order valence-electron chi connectivity index (χ4n) is 2.97. The molecule has 1 amide bonds. The van der Waals surface area contributed by atoms with E-state index in [0.717, 1.165) is 33.6 Å². The molecule has 0 aromatic carbocycles. The van der Waals surface area contributed by atoms with Crippen molar-refractivity contribution in [1.29, 1.82) is 0 Å². The summed E-state index contributed by atoms with van der Waals surface area (Å²) < 4.78 is 0. The van der Waals surface area contributed by atoms with Crippen molar-refractivity contribution in [1.82, 2.24) is 20.4 Å². The summed E-state index contributed by atoms with van der Waals surface area (Å²) in [5.74, 6) is 0.104. The summed E-state index contributed by atoms with van der Waals surface area (Å²) in [6.07, 6.45) is 11.2. The molecule has 0 saturated carbocycles. The van der Waals surface area contributed by atoms with Crippen molar-refractivity contribution in [2.75, 3.05) is 5.75 Å². The lowest BCUT2D eigenvalue weighted by atomic mass is 9.97. The maximum atomic E-state index is 12.1. The molecule has 0 spiro atoms. The summed E-state index contributed by atoms with van der Waals surface area (Å²) in [6.45, 7) is 0. The van der Waals surface area contributed by atoms with Crippen molar-refractivity contribution in [2.45, 2.75) is 30.7 Å². The third kappa shape index (κ3) is 3.76. The SMILES string of the molecule is O=C(CSc1ncnc2sc3c(c12)CCCC3)NN=Cc1cccnc1. The van der Waals surface area contributed by atoms with Gasteiger partial charge < -0.3 is 0 Å². The zero-order chi connectivity index (χ0) is 17.8. The van der Waals surface area contributed by atoms with Crippen LogP contribution < -0.4 is 5.43 Å². The second kappa shape index (κ2) is 7.92. The van der Waals surface area contributed by atoms with Gasteiger partial charge in [-0.15, -0.1) is 11.3 Å². The molecule has 0 unspecified atom stereocenters. The lowest BCUT2D eigenvalue weighted by molar-refractivity contribution is -0.118. The number of rotatable bonds is 5. The first-order valence-corrected chi connectivity index (χ1v) is 10.2. The predicted molar refractivity (Wildman–Crippen MR) is 105 cm³/mol. The van der Waals surface area contributed by atoms with Gasteiger partial charge >= 0.3 is 0 Å². The second-order valence-electron chi connectivity index (χ2n) is 5.94. The van der Waals surface area contributed by atoms with Crippen LogP contribution >= 0.6 is 23.1 Å². The quantitative estimate of drug-likeness (QED) is 0.317. The molecule has 0 bridgehead atoms. The number of pyridine rings is 1. The Bertz CT molecular complexity index is 955. The Morgan fingerprint density at radius 2 is 2.27 bits per heavy atom. The maximum absolute atomic E-state index is 12.1. The van der Waals surface area contributed by atoms with E-state index in [-0.39, 0.29) is 11.7 Å². The minimum Gasteiger partial charge on any atom is -0.272 e. The van der Waals surface area contributed by atoms with Crippen LogP contribution in [0.4, 0.5) is 0 Å². The average molecular weight is 384 g/mol. The maximum Gasteiger partial charge on any atom is 0.250 e. The molecule has 1 N–H and O–H groups in total. The van der Waals surface area contributed by atoms with Crippen LogP contribution in [0.1, 0.15) is 28.8 Å². The molecule has 132 valence electrons. The lowest BCUT2D eigenvalue weighted by Crippen LogP contribution is -2.19. The molecule has 3 aromatic heterocycles. The van der Waals surface area contributed by atoms with E-state index in [1.165, 1.54) is 35.0 Å². The van der Waals surface area contributed by atoms with Crippen LogP contribution in [0.25, 0.3) is 10.2 Å². The Balaban J connectivity index is 1.42. The largest absolute Gasteiger partial charge is 0.272 e. The molecule has 0 aliphatic heterocycles. The zero-order valence-electron chi connectivity index (χ0n) is 14.0. The van der Waals surface area contributed by atoms with E-state index in [1.54, 1.807) is 36.3 Å². The van der Waals surface area contributed by atoms with E-state index in [9.17, 15) is 4.79 Å². The third-order valence-electron chi connectivity index (χ3n) is 4.14. The molecule has 3 aromatic rings. The Labute approximate surface area is 159 Å². The molecule has 0 atom stereocenters. The average Bonchev–Trinajstić information content (AvgIpc) is 3.06. The van der Waals surface area contributed by atoms with Crippen molar-refractivity contribution < 1.29 is 4.79 Å². The first-order chi connectivity index (χ1) is 12.8. The number of hydrazone groups is 1. The highest BCUT2D eigenvalue weighted by atomic mass is 32.2. The number of fused-ring (bicyclic) bond motifs is 3. The van der Waals surface area contributed by atoms with Crippen LogP contribution in [0.2, 0.25) is 0 Å². The van der Waals surface area contributed by atoms with E-state index < -0.39 is 0 Å². The van der Waals surface area contributed by atoms with Crippen molar-refractivity contribution in [3.63, 3.8) is 0 Å². The van der Waals surface area contributed by atoms with Gasteiger partial charge in [-0.1, -0.05) is 17.8 Å². The molecule has 26 heavy (non-hydrogen) atoms. The highest BCUT2D eigenvalue weighted by molar-refractivity contribution is 8.00. The Hall–Kier alpha value is -2.32. The van der Waals surface area contributed by atoms with Crippen LogP contribution in [0, 0.1) is 0 Å². The normalized spacial score (nSPS) is 13.8. The van der Waals surface area contributed by atoms with Gasteiger partial charge in [0.2, 0.25) is 5.91 Å². The minimum atomic E-state index is -0.161. The van der Waals surface area contributed by atoms with Gasteiger partial charge in [0.05, 0.1) is 12.0 Å². The molecule has 8 heteroatoms. The Morgan fingerprint density at radius 3 is 3.15 bits per heavy atom. The molecule has 0 radical (unpaired) electrons. The number of aromatic nitrogens is 3. The van der Waals surface area contributed by atoms with Gasteiger partial charge in [0, 0.05) is 28.2 Å². The molecule has 3 heterocycles. The molecule has 4 rings (SSSR count). The van der Waals surface area contributed by atoms with Crippen molar-refractivity contribution in [2.24, 2.45) is 5.10 Å². The summed E-state index contributed by atoms with van der Waals surface area (Å²) >= 11 is 3.20. The number of thioether (sulfide) groups is 1. The molecule has 1 aliphatic rings. The number of aryl methyl sites for hydroxylation is 2. The number of hydrogen-bond donors (Lipinski definition) is 1. The highest BCUT2D eigenvalue weighted by Gasteiger charge is 2.20. The topological polar surface area (TPSA) is 80.1 Å². The van der Waals surface area contributed by atoms with Gasteiger partial charge in [0.25, 0.3) is 0 Å². The van der Waals surface area contributed by atoms with Crippen LogP contribution in [0.15, 0.2) is 41.0 Å². The molecule has 0 fully saturated rings. The third-order valence-corrected chi connectivity index (χ3v) is 6.33. The van der Waals surface area contributed by atoms with Crippen molar-refractivity contribution in [3.05, 3.63) is 46.9 Å². The van der Waals surface area contributed by atoms with Crippen LogP contribution in [-0.4, -0.2) is 32.8 Å². The standard InChI is InChI=1S/C18H17N5OS2/c24-15(23-22-9-12-4-3-7-19-8-12)10-25-17-16-13-5-1-2-6-14(13)26-18(16)21-11-20-17/h3-4,7-9,11H,1-2,5-6,10H2,(H,23,24). The van der Waals surface area contributed by atoms with Crippen molar-refractivity contribution >= 4 is 45.4 Å². The van der Waals surface area contributed by atoms with Gasteiger partial charge in [-0.25, -0.2) is 15.4 Å². The van der Waals surface area contributed by atoms with Gasteiger partial charge in [0.1, 0.15) is 16.2 Å². The van der Waals surface area contributed by atoms with Gasteiger partial charge in [0.15, 0.2) is 0 Å². The fourth-order valence-corrected chi connectivity index (χ4v) is 5.08. The molecule has 1 aliphatic carbocycles. The zero-order valence-corrected chi connectivity index (χ0v) is 15.6. The number of hydrogen-bond acceptors (Lipinski definition) is 7. The van der Waals surface area contributed by atoms with Gasteiger partial charge in [-0.05, 0) is 37.3 Å². The highest BCUT2D eigenvalue weighted by Crippen LogP contribution is 2.39. The van der Waals surface area contributed by atoms with Crippen LogP contribution in [-0.2, 0) is 17.6 Å². The predicted octanol–water partition coefficient (Wildman–Crippen LogP) is 3.21. The summed E-state index contributed by atoms with van der Waals surface area (Å²) in [7, 11) is 0. The van der Waals surface area contributed by atoms with Crippen LogP contribution in [0.5, 0.6) is 0 Å². The molecule has 6 nitrogen and oxygen atoms in total. The number of nitrogens with zero attached hydrogens (tertiary/aromatic N) is 4.